The lowest BCUT2D eigenvalue weighted by molar-refractivity contribution is -0.150. The number of nitrogens with two attached hydrogens (primary N) is 1. The van der Waals surface area contributed by atoms with Crippen LogP contribution in [0.25, 0.3) is 0 Å². The van der Waals surface area contributed by atoms with Gasteiger partial charge in [-0.25, -0.2) is 0 Å². The molecule has 8 nitrogen and oxygen atoms in total. The number of aliphatic hydroxyl groups is 3. The highest BCUT2D eigenvalue weighted by Crippen LogP contribution is 2.55. The molecule has 0 saturated heterocycles. The third kappa shape index (κ3) is 9.75. The fourth-order valence-electron chi connectivity index (χ4n) is 13.5. The number of H-pyrrole nitrogens is 1. The van der Waals surface area contributed by atoms with Crippen molar-refractivity contribution < 1.29 is 25.2 Å². The summed E-state index contributed by atoms with van der Waals surface area (Å²) < 4.78 is 0. The Bertz CT molecular complexity index is 1600. The van der Waals surface area contributed by atoms with Gasteiger partial charge in [0.2, 0.25) is 0 Å². The van der Waals surface area contributed by atoms with Crippen molar-refractivity contribution in [3.05, 3.63) is 58.7 Å². The van der Waals surface area contributed by atoms with Crippen LogP contribution in [-0.2, 0) is 11.2 Å². The fourth-order valence-corrected chi connectivity index (χ4v) is 13.5. The standard InChI is InChI=1S/C49H77N3O5/c1-4-5-6-11-32-15-16-35(44(54)25-32)12-7-8-13-36-17-18-38(42-28-39-31(3)46-30(2)10-9-14-37(46)27-41(39)52-42)40-24-34(23-33-20-22-51-45(50)26-33)29-49(40,57)21-19-43(53)47(36)48(55)56/h15-16,20,26,28,30-32,34-38,40,43-44,46-47,51-54,57H,4-14,17-19,21-25,27,29,50H2,1-3H3,(H,55,56). The van der Waals surface area contributed by atoms with E-state index in [4.69, 9.17) is 5.73 Å². The summed E-state index contributed by atoms with van der Waals surface area (Å²) >= 11 is 0. The number of aromatic nitrogens is 1. The molecular weight excluding hydrogens is 711 g/mol. The summed E-state index contributed by atoms with van der Waals surface area (Å²) in [4.78, 5) is 17.1. The number of rotatable bonds is 13. The number of hydrogen-bond donors (Lipinski definition) is 7. The molecular formula is C49H77N3O5. The van der Waals surface area contributed by atoms with Crippen LogP contribution in [0.4, 0.5) is 0 Å². The molecule has 0 radical (unpaired) electrons. The van der Waals surface area contributed by atoms with Crippen molar-refractivity contribution in [2.45, 2.75) is 179 Å². The van der Waals surface area contributed by atoms with E-state index >= 15 is 0 Å². The highest BCUT2D eigenvalue weighted by molar-refractivity contribution is 5.71. The van der Waals surface area contributed by atoms with Crippen molar-refractivity contribution in [2.24, 2.45) is 59.0 Å². The number of aromatic amines is 1. The first kappa shape index (κ1) is 42.6. The number of carboxylic acids is 1. The molecule has 5 aliphatic carbocycles. The van der Waals surface area contributed by atoms with Crippen LogP contribution in [0.3, 0.4) is 0 Å². The number of aliphatic carboxylic acids is 1. The monoisotopic (exact) mass is 788 g/mol. The number of allylic oxidation sites excluding steroid dienone is 3. The van der Waals surface area contributed by atoms with Crippen molar-refractivity contribution in [2.75, 3.05) is 6.54 Å². The molecule has 7 rings (SSSR count). The van der Waals surface area contributed by atoms with Gasteiger partial charge in [0.25, 0.3) is 0 Å². The second kappa shape index (κ2) is 18.8. The predicted octanol–water partition coefficient (Wildman–Crippen LogP) is 9.23. The number of dihydropyridines is 1. The normalized spacial score (nSPS) is 39.6. The summed E-state index contributed by atoms with van der Waals surface area (Å²) in [6, 6.07) is 2.47. The maximum atomic E-state index is 13.1. The topological polar surface area (TPSA) is 152 Å². The van der Waals surface area contributed by atoms with Gasteiger partial charge in [0.05, 0.1) is 29.5 Å². The molecule has 1 aliphatic heterocycles. The minimum atomic E-state index is -1.00. The Morgan fingerprint density at radius 2 is 1.77 bits per heavy atom. The zero-order chi connectivity index (χ0) is 40.3. The Kier molecular flexibility index (Phi) is 14.0. The van der Waals surface area contributed by atoms with Gasteiger partial charge in [-0.2, -0.15) is 0 Å². The minimum Gasteiger partial charge on any atom is -0.481 e. The Morgan fingerprint density at radius 3 is 2.54 bits per heavy atom. The van der Waals surface area contributed by atoms with Gasteiger partial charge in [-0.3, -0.25) is 4.79 Å². The molecule has 0 amide bonds. The summed E-state index contributed by atoms with van der Waals surface area (Å²) in [6.07, 6.45) is 26.3. The van der Waals surface area contributed by atoms with E-state index < -0.39 is 23.6 Å². The Morgan fingerprint density at radius 1 is 0.965 bits per heavy atom. The number of aliphatic hydroxyl groups excluding tert-OH is 2. The lowest BCUT2D eigenvalue weighted by atomic mass is 9.61. The highest BCUT2D eigenvalue weighted by atomic mass is 16.4. The SMILES string of the molecule is CCCCCC1C=CC(CCCCC2CCC(c3cc4c([nH]3)CC3CCCC(C)C3C4C)C3CC(CC4=CCNC(N)=C4)CC3(O)CCC(O)C2C(=O)O)C(O)C1. The highest BCUT2D eigenvalue weighted by Gasteiger charge is 2.52. The van der Waals surface area contributed by atoms with Crippen LogP contribution in [0.15, 0.2) is 41.8 Å². The zero-order valence-electron chi connectivity index (χ0n) is 35.5. The molecule has 8 N–H and O–H groups in total. The number of carbonyl (C=O) groups is 1. The average molecular weight is 788 g/mol. The van der Waals surface area contributed by atoms with E-state index in [1.807, 2.05) is 6.08 Å². The molecule has 1 aromatic heterocycles. The van der Waals surface area contributed by atoms with Gasteiger partial charge in [-0.1, -0.05) is 83.9 Å². The van der Waals surface area contributed by atoms with Crippen LogP contribution >= 0.6 is 0 Å². The lowest BCUT2D eigenvalue weighted by Crippen LogP contribution is -2.42. The van der Waals surface area contributed by atoms with E-state index in [9.17, 15) is 25.2 Å². The van der Waals surface area contributed by atoms with E-state index in [-0.39, 0.29) is 42.1 Å². The van der Waals surface area contributed by atoms with Crippen LogP contribution in [0.1, 0.15) is 172 Å². The molecule has 57 heavy (non-hydrogen) atoms. The molecule has 3 fully saturated rings. The quantitative estimate of drug-likeness (QED) is 0.0778. The van der Waals surface area contributed by atoms with E-state index in [0.717, 1.165) is 82.6 Å². The lowest BCUT2D eigenvalue weighted by Gasteiger charge is -2.43. The number of nitrogens with one attached hydrogen (secondary N) is 2. The van der Waals surface area contributed by atoms with Crippen LogP contribution in [0.5, 0.6) is 0 Å². The first-order valence-electron chi connectivity index (χ1n) is 23.5. The molecule has 6 aliphatic rings. The molecule has 14 unspecified atom stereocenters. The minimum absolute atomic E-state index is 0.0161. The Balaban J connectivity index is 1.11. The van der Waals surface area contributed by atoms with Crippen molar-refractivity contribution in [1.29, 1.82) is 0 Å². The molecule has 318 valence electrons. The molecule has 8 heteroatoms. The Hall–Kier alpha value is -2.55. The van der Waals surface area contributed by atoms with Crippen molar-refractivity contribution in [3.63, 3.8) is 0 Å². The summed E-state index contributed by atoms with van der Waals surface area (Å²) in [6.45, 7) is 7.85. The van der Waals surface area contributed by atoms with Crippen molar-refractivity contribution >= 4 is 5.97 Å². The zero-order valence-corrected chi connectivity index (χ0v) is 35.5. The van der Waals surface area contributed by atoms with Gasteiger partial charge < -0.3 is 36.5 Å². The van der Waals surface area contributed by atoms with E-state index in [0.29, 0.717) is 42.8 Å². The van der Waals surface area contributed by atoms with Crippen LogP contribution in [0.2, 0.25) is 0 Å². The Labute approximate surface area is 343 Å². The van der Waals surface area contributed by atoms with Crippen molar-refractivity contribution in [3.8, 4) is 0 Å². The molecule has 0 spiro atoms. The first-order valence-corrected chi connectivity index (χ1v) is 23.5. The third-order valence-corrected chi connectivity index (χ3v) is 16.4. The van der Waals surface area contributed by atoms with Crippen LogP contribution in [0, 0.1) is 53.3 Å². The smallest absolute Gasteiger partial charge is 0.309 e. The van der Waals surface area contributed by atoms with E-state index in [1.165, 1.54) is 61.0 Å². The molecule has 0 bridgehead atoms. The second-order valence-electron chi connectivity index (χ2n) is 20.2. The maximum Gasteiger partial charge on any atom is 0.309 e. The molecule has 3 saturated carbocycles. The number of hydrogen-bond acceptors (Lipinski definition) is 6. The van der Waals surface area contributed by atoms with Gasteiger partial charge in [-0.15, -0.1) is 0 Å². The maximum absolute atomic E-state index is 13.1. The van der Waals surface area contributed by atoms with Gasteiger partial charge in [0.15, 0.2) is 0 Å². The fraction of sp³-hybridized carbons (Fsp3) is 0.776. The second-order valence-corrected chi connectivity index (χ2v) is 20.2. The summed E-state index contributed by atoms with van der Waals surface area (Å²) in [5.74, 6) is 2.44. The van der Waals surface area contributed by atoms with Gasteiger partial charge in [0.1, 0.15) is 0 Å². The number of carboxylic acid groups (broad SMARTS) is 1. The number of fused-ring (bicyclic) bond motifs is 3. The van der Waals surface area contributed by atoms with Gasteiger partial charge in [-0.05, 0) is 154 Å². The summed E-state index contributed by atoms with van der Waals surface area (Å²) in [5, 5.41) is 49.4. The van der Waals surface area contributed by atoms with E-state index in [1.54, 1.807) is 0 Å². The molecule has 14 atom stereocenters. The van der Waals surface area contributed by atoms with E-state index in [2.05, 4.69) is 55.4 Å². The van der Waals surface area contributed by atoms with Crippen LogP contribution in [-0.4, -0.2) is 55.7 Å². The average Bonchev–Trinajstić information content (AvgIpc) is 3.74. The van der Waals surface area contributed by atoms with Gasteiger partial charge in [0, 0.05) is 29.8 Å². The summed E-state index contributed by atoms with van der Waals surface area (Å²) in [7, 11) is 0. The van der Waals surface area contributed by atoms with Crippen LogP contribution < -0.4 is 11.1 Å². The van der Waals surface area contributed by atoms with Crippen molar-refractivity contribution in [1.82, 2.24) is 10.3 Å². The first-order chi connectivity index (χ1) is 27.4. The molecule has 1 aromatic rings. The predicted molar refractivity (Wildman–Crippen MR) is 228 cm³/mol. The number of unbranched alkanes of at least 4 members (excludes halogenated alkanes) is 3. The molecule has 2 heterocycles. The largest absolute Gasteiger partial charge is 0.481 e. The summed E-state index contributed by atoms with van der Waals surface area (Å²) in [5.41, 5.74) is 10.5. The third-order valence-electron chi connectivity index (χ3n) is 16.4. The van der Waals surface area contributed by atoms with Gasteiger partial charge >= 0.3 is 5.97 Å². The molecule has 0 aromatic carbocycles.